The molecular weight excluding hydrogens is 126 g/mol. The number of anilines is 2. The zero-order valence-electron chi connectivity index (χ0n) is 9.20. The molecule has 3 heteroatoms. The van der Waals surface area contributed by atoms with Gasteiger partial charge in [-0.25, -0.2) is 4.98 Å². The van der Waals surface area contributed by atoms with Crippen molar-refractivity contribution in [2.45, 2.75) is 0 Å². The number of rotatable bonds is 0. The summed E-state index contributed by atoms with van der Waals surface area (Å²) in [6.45, 7) is -3.25. The van der Waals surface area contributed by atoms with Gasteiger partial charge in [0.25, 0.3) is 0 Å². The van der Waals surface area contributed by atoms with Crippen molar-refractivity contribution in [3.8, 4) is 0 Å². The first-order valence-corrected chi connectivity index (χ1v) is 2.96. The van der Waals surface area contributed by atoms with Crippen LogP contribution in [0, 0.1) is 0 Å². The van der Waals surface area contributed by atoms with Gasteiger partial charge in [0.05, 0.1) is 9.80 Å². The SMILES string of the molecule is [2H]C1Nc2ncccc2N([2H])C1([2H])[2H]. The Morgan fingerprint density at radius 3 is 3.80 bits per heavy atom. The van der Waals surface area contributed by atoms with Crippen molar-refractivity contribution in [3.63, 3.8) is 0 Å². The number of nitrogens with zero attached hydrogens (tertiary/aromatic N) is 1. The lowest BCUT2D eigenvalue weighted by atomic mass is 10.3. The van der Waals surface area contributed by atoms with Crippen LogP contribution in [0.25, 0.3) is 0 Å². The minimum atomic E-state index is -2.05. The van der Waals surface area contributed by atoms with E-state index in [2.05, 4.69) is 10.3 Å². The van der Waals surface area contributed by atoms with Crippen molar-refractivity contribution in [1.82, 2.24) is 4.98 Å². The van der Waals surface area contributed by atoms with Gasteiger partial charge in [0, 0.05) is 19.2 Å². The molecule has 0 radical (unpaired) electrons. The first-order chi connectivity index (χ1) is 6.53. The molecule has 0 saturated heterocycles. The third-order valence-electron chi connectivity index (χ3n) is 1.24. The summed E-state index contributed by atoms with van der Waals surface area (Å²) in [6.07, 6.45) is 1.54. The molecule has 0 bridgehead atoms. The monoisotopic (exact) mass is 139 g/mol. The van der Waals surface area contributed by atoms with E-state index >= 15 is 0 Å². The van der Waals surface area contributed by atoms with Gasteiger partial charge in [0.1, 0.15) is 5.82 Å². The summed E-state index contributed by atoms with van der Waals surface area (Å²) in [5.41, 5.74) is 0.348. The van der Waals surface area contributed by atoms with Crippen molar-refractivity contribution < 1.29 is 5.52 Å². The summed E-state index contributed by atoms with van der Waals surface area (Å²) >= 11 is 0. The van der Waals surface area contributed by atoms with E-state index in [1.165, 1.54) is 6.20 Å². The molecule has 1 aromatic heterocycles. The minimum absolute atomic E-state index is 0.348. The second-order valence-electron chi connectivity index (χ2n) is 1.90. The van der Waals surface area contributed by atoms with Crippen molar-refractivity contribution in [1.29, 1.82) is 0 Å². The maximum Gasteiger partial charge on any atom is 0.160 e. The number of fused-ring (bicyclic) bond motifs is 1. The van der Waals surface area contributed by atoms with E-state index in [1.54, 1.807) is 12.1 Å². The summed E-state index contributed by atoms with van der Waals surface area (Å²) in [5.74, 6) is 0.373. The van der Waals surface area contributed by atoms with Crippen LogP contribution in [0.5, 0.6) is 0 Å². The molecule has 1 atom stereocenters. The summed E-state index contributed by atoms with van der Waals surface area (Å²) < 4.78 is 30.0. The largest absolute Gasteiger partial charge is 0.380 e. The number of hydrogen-bond donors (Lipinski definition) is 2. The molecule has 3 nitrogen and oxygen atoms in total. The fourth-order valence-electron chi connectivity index (χ4n) is 0.801. The Morgan fingerprint density at radius 2 is 2.80 bits per heavy atom. The normalized spacial score (nSPS) is 34.0. The van der Waals surface area contributed by atoms with Crippen LogP contribution in [0.3, 0.4) is 0 Å². The van der Waals surface area contributed by atoms with Crippen LogP contribution < -0.4 is 10.6 Å². The van der Waals surface area contributed by atoms with E-state index in [9.17, 15) is 0 Å². The second kappa shape index (κ2) is 2.17. The van der Waals surface area contributed by atoms with Gasteiger partial charge >= 0.3 is 0 Å². The topological polar surface area (TPSA) is 37.0 Å². The van der Waals surface area contributed by atoms with Crippen LogP contribution >= 0.6 is 0 Å². The molecule has 2 heterocycles. The molecule has 10 heavy (non-hydrogen) atoms. The lowest BCUT2D eigenvalue weighted by Gasteiger charge is -2.17. The third kappa shape index (κ3) is 0.795. The molecule has 0 spiro atoms. The van der Waals surface area contributed by atoms with Crippen LogP contribution in [0.2, 0.25) is 1.41 Å². The molecule has 0 fully saturated rings. The molecule has 1 aliphatic heterocycles. The molecule has 1 aliphatic rings. The average Bonchev–Trinajstić information content (AvgIpc) is 2.15. The Hall–Kier alpha value is -1.25. The smallest absolute Gasteiger partial charge is 0.160 e. The van der Waals surface area contributed by atoms with Crippen LogP contribution in [0.4, 0.5) is 11.5 Å². The summed E-state index contributed by atoms with van der Waals surface area (Å²) in [7, 11) is 0. The number of aromatic nitrogens is 1. The van der Waals surface area contributed by atoms with Crippen molar-refractivity contribution >= 4 is 11.5 Å². The van der Waals surface area contributed by atoms with Crippen LogP contribution in [0.15, 0.2) is 18.3 Å². The molecule has 0 aliphatic carbocycles. The molecular formula is C7H9N3. The molecule has 0 amide bonds. The third-order valence-corrected chi connectivity index (χ3v) is 1.24. The van der Waals surface area contributed by atoms with Gasteiger partial charge in [-0.15, -0.1) is 0 Å². The maximum absolute atomic E-state index is 7.55. The van der Waals surface area contributed by atoms with Gasteiger partial charge in [-0.05, 0) is 12.1 Å². The molecule has 2 N–H and O–H groups in total. The van der Waals surface area contributed by atoms with Gasteiger partial charge in [0.2, 0.25) is 0 Å². The first-order valence-electron chi connectivity index (χ1n) is 4.99. The van der Waals surface area contributed by atoms with Gasteiger partial charge < -0.3 is 10.6 Å². The number of hydrogen-bond acceptors (Lipinski definition) is 3. The van der Waals surface area contributed by atoms with Crippen molar-refractivity contribution in [2.24, 2.45) is 0 Å². The second-order valence-corrected chi connectivity index (χ2v) is 1.90. The summed E-state index contributed by atoms with van der Waals surface area (Å²) in [6, 6.07) is 3.22. The zero-order valence-corrected chi connectivity index (χ0v) is 5.20. The predicted molar refractivity (Wildman–Crippen MR) is 41.2 cm³/mol. The van der Waals surface area contributed by atoms with E-state index in [0.717, 1.165) is 0 Å². The van der Waals surface area contributed by atoms with E-state index in [-0.39, 0.29) is 0 Å². The lowest BCUT2D eigenvalue weighted by molar-refractivity contribution is 1.02. The molecule has 0 saturated carbocycles. The molecule has 52 valence electrons. The number of pyridine rings is 1. The Balaban J connectivity index is 2.49. The Kier molecular flexibility index (Phi) is 0.604. The summed E-state index contributed by atoms with van der Waals surface area (Å²) in [4.78, 5) is 3.93. The van der Waals surface area contributed by atoms with Gasteiger partial charge in [-0.3, -0.25) is 0 Å². The minimum Gasteiger partial charge on any atom is -0.380 e. The van der Waals surface area contributed by atoms with Crippen molar-refractivity contribution in [2.75, 3.05) is 23.6 Å². The van der Waals surface area contributed by atoms with Crippen LogP contribution in [-0.2, 0) is 0 Å². The Morgan fingerprint density at radius 1 is 1.80 bits per heavy atom. The van der Waals surface area contributed by atoms with E-state index in [4.69, 9.17) is 5.52 Å². The first kappa shape index (κ1) is 2.78. The van der Waals surface area contributed by atoms with E-state index in [1.807, 2.05) is 0 Å². The zero-order chi connectivity index (χ0) is 10.3. The standard InChI is InChI=1S/C7H9N3/c1-2-6-7(9-3-1)10-5-4-8-6/h1-3,8H,4-5H2,(H,9,10)/i4D2,5D/hD. The highest BCUT2D eigenvalue weighted by Gasteiger charge is 2.05. The van der Waals surface area contributed by atoms with Crippen molar-refractivity contribution in [3.05, 3.63) is 18.3 Å². The fourth-order valence-corrected chi connectivity index (χ4v) is 0.801. The van der Waals surface area contributed by atoms with Gasteiger partial charge in [0.15, 0.2) is 1.41 Å². The highest BCUT2D eigenvalue weighted by atomic mass is 15.1. The molecule has 2 rings (SSSR count). The summed E-state index contributed by atoms with van der Waals surface area (Å²) in [5, 5.41) is 3.28. The van der Waals surface area contributed by atoms with Gasteiger partial charge in [-0.1, -0.05) is 0 Å². The molecule has 0 aromatic carbocycles. The van der Waals surface area contributed by atoms with Crippen LogP contribution in [0.1, 0.15) is 4.11 Å². The fraction of sp³-hybridized carbons (Fsp3) is 0.286. The molecule has 1 unspecified atom stereocenters. The quantitative estimate of drug-likeness (QED) is 0.561. The molecule has 1 aromatic rings. The maximum atomic E-state index is 7.55. The highest BCUT2D eigenvalue weighted by molar-refractivity contribution is 5.65. The van der Waals surface area contributed by atoms with Gasteiger partial charge in [-0.2, -0.15) is 0 Å². The predicted octanol–water partition coefficient (Wildman–Crippen LogP) is 0.919. The average molecular weight is 139 g/mol. The van der Waals surface area contributed by atoms with E-state index < -0.39 is 13.0 Å². The number of nitrogens with one attached hydrogen (secondary N) is 2. The Labute approximate surface area is 65.2 Å². The van der Waals surface area contributed by atoms with E-state index in [0.29, 0.717) is 16.8 Å². The van der Waals surface area contributed by atoms with Crippen LogP contribution in [-0.4, -0.2) is 18.0 Å². The highest BCUT2D eigenvalue weighted by Crippen LogP contribution is 2.19. The lowest BCUT2D eigenvalue weighted by Crippen LogP contribution is -2.21. The Bertz CT molecular complexity index is 357.